The predicted molar refractivity (Wildman–Crippen MR) is 89.6 cm³/mol. The van der Waals surface area contributed by atoms with Crippen molar-refractivity contribution in [3.05, 3.63) is 66.4 Å². The minimum atomic E-state index is -4.64. The van der Waals surface area contributed by atoms with E-state index in [9.17, 15) is 18.0 Å². The van der Waals surface area contributed by atoms with Crippen LogP contribution >= 0.6 is 0 Å². The third-order valence-electron chi connectivity index (χ3n) is 3.48. The van der Waals surface area contributed by atoms with Crippen LogP contribution in [-0.2, 0) is 11.0 Å². The van der Waals surface area contributed by atoms with Crippen LogP contribution in [0.1, 0.15) is 5.69 Å². The first-order valence-electron chi connectivity index (χ1n) is 7.64. The van der Waals surface area contributed by atoms with Crippen molar-refractivity contribution in [2.75, 3.05) is 11.9 Å². The summed E-state index contributed by atoms with van der Waals surface area (Å²) in [6.45, 7) is -0.355. The number of H-pyrrole nitrogens is 1. The fourth-order valence-corrected chi connectivity index (χ4v) is 2.36. The third kappa shape index (κ3) is 4.02. The lowest BCUT2D eigenvalue weighted by molar-refractivity contribution is -0.140. The lowest BCUT2D eigenvalue weighted by Crippen LogP contribution is -2.20. The van der Waals surface area contributed by atoms with E-state index in [1.54, 1.807) is 48.5 Å². The maximum absolute atomic E-state index is 13.2. The van der Waals surface area contributed by atoms with Crippen molar-refractivity contribution >= 4 is 11.7 Å². The summed E-state index contributed by atoms with van der Waals surface area (Å²) >= 11 is 0. The Morgan fingerprint density at radius 2 is 1.65 bits per heavy atom. The summed E-state index contributed by atoms with van der Waals surface area (Å²) in [5.74, 6) is -0.347. The Bertz CT molecular complexity index is 878. The first kappa shape index (κ1) is 17.5. The topological polar surface area (TPSA) is 67.0 Å². The molecule has 1 aromatic heterocycles. The van der Waals surface area contributed by atoms with E-state index in [0.717, 1.165) is 0 Å². The minimum Gasteiger partial charge on any atom is -0.484 e. The number of hydrogen-bond donors (Lipinski definition) is 2. The summed E-state index contributed by atoms with van der Waals surface area (Å²) in [5.41, 5.74) is -0.956. The molecule has 0 radical (unpaired) electrons. The van der Waals surface area contributed by atoms with E-state index in [1.807, 2.05) is 5.10 Å². The van der Waals surface area contributed by atoms with Crippen LogP contribution in [0.4, 0.5) is 19.0 Å². The zero-order chi connectivity index (χ0) is 18.6. The van der Waals surface area contributed by atoms with Gasteiger partial charge in [-0.3, -0.25) is 9.89 Å². The molecule has 0 spiro atoms. The smallest absolute Gasteiger partial charge is 0.433 e. The minimum absolute atomic E-state index is 0.204. The van der Waals surface area contributed by atoms with Gasteiger partial charge in [-0.2, -0.15) is 18.3 Å². The van der Waals surface area contributed by atoms with Gasteiger partial charge in [-0.05, 0) is 17.7 Å². The summed E-state index contributed by atoms with van der Waals surface area (Å²) < 4.78 is 45.0. The average Bonchev–Trinajstić information content (AvgIpc) is 3.05. The number of rotatable bonds is 5. The molecule has 0 saturated carbocycles. The van der Waals surface area contributed by atoms with Crippen LogP contribution in [0.5, 0.6) is 5.75 Å². The number of aromatic amines is 1. The molecule has 0 fully saturated rings. The van der Waals surface area contributed by atoms with Gasteiger partial charge in [0.2, 0.25) is 0 Å². The molecule has 26 heavy (non-hydrogen) atoms. The molecule has 134 valence electrons. The van der Waals surface area contributed by atoms with Crippen molar-refractivity contribution in [3.63, 3.8) is 0 Å². The second kappa shape index (κ2) is 7.30. The number of halogens is 3. The molecule has 8 heteroatoms. The van der Waals surface area contributed by atoms with Crippen LogP contribution in [0, 0.1) is 0 Å². The fraction of sp³-hybridized carbons (Fsp3) is 0.111. The average molecular weight is 361 g/mol. The highest BCUT2D eigenvalue weighted by molar-refractivity contribution is 5.95. The van der Waals surface area contributed by atoms with Gasteiger partial charge in [-0.15, -0.1) is 0 Å². The fourth-order valence-electron chi connectivity index (χ4n) is 2.36. The lowest BCUT2D eigenvalue weighted by Gasteiger charge is -2.10. The van der Waals surface area contributed by atoms with Gasteiger partial charge in [-0.25, -0.2) is 0 Å². The summed E-state index contributed by atoms with van der Waals surface area (Å²) in [4.78, 5) is 12.1. The molecule has 0 aliphatic rings. The molecule has 0 bridgehead atoms. The SMILES string of the molecule is O=C(COc1ccccc1)Nc1n[nH]c(C(F)(F)F)c1-c1ccccc1. The van der Waals surface area contributed by atoms with E-state index in [0.29, 0.717) is 5.75 Å². The maximum atomic E-state index is 13.2. The van der Waals surface area contributed by atoms with Crippen molar-refractivity contribution in [3.8, 4) is 16.9 Å². The normalized spacial score (nSPS) is 11.2. The number of anilines is 1. The molecule has 2 N–H and O–H groups in total. The first-order valence-corrected chi connectivity index (χ1v) is 7.64. The quantitative estimate of drug-likeness (QED) is 0.719. The highest BCUT2D eigenvalue weighted by Crippen LogP contribution is 2.39. The van der Waals surface area contributed by atoms with Gasteiger partial charge >= 0.3 is 6.18 Å². The summed E-state index contributed by atoms with van der Waals surface area (Å²) in [6, 6.07) is 16.5. The second-order valence-corrected chi connectivity index (χ2v) is 5.34. The Labute approximate surface area is 146 Å². The van der Waals surface area contributed by atoms with Crippen LogP contribution in [0.2, 0.25) is 0 Å². The Balaban J connectivity index is 1.81. The molecule has 5 nitrogen and oxygen atoms in total. The number of ether oxygens (including phenoxy) is 1. The molecular weight excluding hydrogens is 347 g/mol. The Morgan fingerprint density at radius 3 is 2.27 bits per heavy atom. The summed E-state index contributed by atoms with van der Waals surface area (Å²) in [5, 5.41) is 7.95. The van der Waals surface area contributed by atoms with E-state index in [2.05, 4.69) is 10.4 Å². The zero-order valence-electron chi connectivity index (χ0n) is 13.4. The molecular formula is C18H14F3N3O2. The van der Waals surface area contributed by atoms with Crippen molar-refractivity contribution in [1.82, 2.24) is 10.2 Å². The van der Waals surface area contributed by atoms with E-state index in [4.69, 9.17) is 4.74 Å². The molecule has 2 aromatic carbocycles. The van der Waals surface area contributed by atoms with Gasteiger partial charge in [0.1, 0.15) is 11.4 Å². The highest BCUT2D eigenvalue weighted by Gasteiger charge is 2.38. The van der Waals surface area contributed by atoms with Gasteiger partial charge in [0.05, 0.1) is 5.56 Å². The molecule has 1 heterocycles. The number of hydrogen-bond acceptors (Lipinski definition) is 3. The number of carbonyl (C=O) groups is 1. The number of nitrogens with one attached hydrogen (secondary N) is 2. The van der Waals surface area contributed by atoms with Crippen LogP contribution in [-0.4, -0.2) is 22.7 Å². The van der Waals surface area contributed by atoms with E-state index in [-0.39, 0.29) is 23.6 Å². The molecule has 0 unspecified atom stereocenters. The van der Waals surface area contributed by atoms with Crippen LogP contribution in [0.3, 0.4) is 0 Å². The monoisotopic (exact) mass is 361 g/mol. The Morgan fingerprint density at radius 1 is 1.04 bits per heavy atom. The van der Waals surface area contributed by atoms with Gasteiger partial charge < -0.3 is 10.1 Å². The van der Waals surface area contributed by atoms with E-state index in [1.165, 1.54) is 12.1 Å². The van der Waals surface area contributed by atoms with Crippen LogP contribution < -0.4 is 10.1 Å². The third-order valence-corrected chi connectivity index (χ3v) is 3.48. The molecule has 3 aromatic rings. The summed E-state index contributed by atoms with van der Waals surface area (Å²) in [7, 11) is 0. The maximum Gasteiger partial charge on any atom is 0.433 e. The summed E-state index contributed by atoms with van der Waals surface area (Å²) in [6.07, 6.45) is -4.64. The van der Waals surface area contributed by atoms with Gasteiger partial charge in [0.25, 0.3) is 5.91 Å². The molecule has 0 saturated heterocycles. The number of para-hydroxylation sites is 1. The van der Waals surface area contributed by atoms with Crippen molar-refractivity contribution in [2.24, 2.45) is 0 Å². The number of nitrogens with zero attached hydrogens (tertiary/aromatic N) is 1. The van der Waals surface area contributed by atoms with Gasteiger partial charge in [0.15, 0.2) is 12.4 Å². The first-order chi connectivity index (χ1) is 12.4. The van der Waals surface area contributed by atoms with Crippen molar-refractivity contribution in [1.29, 1.82) is 0 Å². The zero-order valence-corrected chi connectivity index (χ0v) is 13.4. The lowest BCUT2D eigenvalue weighted by atomic mass is 10.1. The molecule has 0 aliphatic heterocycles. The van der Waals surface area contributed by atoms with Crippen LogP contribution in [0.15, 0.2) is 60.7 Å². The number of carbonyl (C=O) groups excluding carboxylic acids is 1. The second-order valence-electron chi connectivity index (χ2n) is 5.34. The van der Waals surface area contributed by atoms with E-state index >= 15 is 0 Å². The van der Waals surface area contributed by atoms with Gasteiger partial charge in [-0.1, -0.05) is 48.5 Å². The van der Waals surface area contributed by atoms with E-state index < -0.39 is 17.8 Å². The van der Waals surface area contributed by atoms with Crippen molar-refractivity contribution in [2.45, 2.75) is 6.18 Å². The Hall–Kier alpha value is -3.29. The highest BCUT2D eigenvalue weighted by atomic mass is 19.4. The van der Waals surface area contributed by atoms with Gasteiger partial charge in [0, 0.05) is 0 Å². The standard InChI is InChI=1S/C18H14F3N3O2/c19-18(20,21)16-15(12-7-3-1-4-8-12)17(24-23-16)22-14(25)11-26-13-9-5-2-6-10-13/h1-10H,11H2,(H2,22,23,24,25). The molecule has 3 rings (SSSR count). The number of amides is 1. The number of aromatic nitrogens is 2. The molecule has 1 amide bonds. The molecule has 0 atom stereocenters. The largest absolute Gasteiger partial charge is 0.484 e. The number of benzene rings is 2. The van der Waals surface area contributed by atoms with Crippen molar-refractivity contribution < 1.29 is 22.7 Å². The molecule has 0 aliphatic carbocycles. The predicted octanol–water partition coefficient (Wildman–Crippen LogP) is 4.11. The van der Waals surface area contributed by atoms with Crippen LogP contribution in [0.25, 0.3) is 11.1 Å². The number of alkyl halides is 3. The Kier molecular flexibility index (Phi) is 4.92.